The summed E-state index contributed by atoms with van der Waals surface area (Å²) in [4.78, 5) is 6.88. The molecular formula is C15H17ClN4O. The van der Waals surface area contributed by atoms with Gasteiger partial charge in [-0.2, -0.15) is 4.98 Å². The molecule has 0 aliphatic carbocycles. The number of halogens is 1. The largest absolute Gasteiger partial charge is 0.338 e. The average Bonchev–Trinajstić information content (AvgIpc) is 3.15. The van der Waals surface area contributed by atoms with Crippen molar-refractivity contribution >= 4 is 11.6 Å². The molecule has 1 aromatic heterocycles. The first-order valence-electron chi connectivity index (χ1n) is 7.30. The van der Waals surface area contributed by atoms with Crippen molar-refractivity contribution in [2.45, 2.75) is 6.54 Å². The van der Waals surface area contributed by atoms with Crippen LogP contribution in [0.5, 0.6) is 0 Å². The fourth-order valence-corrected chi connectivity index (χ4v) is 3.56. The van der Waals surface area contributed by atoms with E-state index in [2.05, 4.69) is 20.4 Å². The van der Waals surface area contributed by atoms with E-state index in [9.17, 15) is 0 Å². The van der Waals surface area contributed by atoms with E-state index in [-0.39, 0.29) is 0 Å². The smallest absolute Gasteiger partial charge is 0.241 e. The van der Waals surface area contributed by atoms with Crippen LogP contribution in [0.1, 0.15) is 5.89 Å². The van der Waals surface area contributed by atoms with Gasteiger partial charge in [-0.1, -0.05) is 28.9 Å². The molecule has 2 aromatic rings. The number of rotatable bonds is 3. The van der Waals surface area contributed by atoms with Crippen LogP contribution in [-0.2, 0) is 6.54 Å². The predicted molar refractivity (Wildman–Crippen MR) is 79.9 cm³/mol. The SMILES string of the molecule is Clc1ccccc1-c1noc(CN2CC3CNCC3C2)n1. The Hall–Kier alpha value is -1.43. The Morgan fingerprint density at radius 3 is 2.76 bits per heavy atom. The molecule has 2 saturated heterocycles. The topological polar surface area (TPSA) is 54.2 Å². The molecule has 2 aliphatic heterocycles. The zero-order chi connectivity index (χ0) is 14.2. The van der Waals surface area contributed by atoms with E-state index in [1.165, 1.54) is 0 Å². The van der Waals surface area contributed by atoms with Crippen molar-refractivity contribution in [3.05, 3.63) is 35.2 Å². The Labute approximate surface area is 128 Å². The lowest BCUT2D eigenvalue weighted by Crippen LogP contribution is -2.25. The van der Waals surface area contributed by atoms with Crippen LogP contribution in [0.4, 0.5) is 0 Å². The average molecular weight is 305 g/mol. The molecule has 2 unspecified atom stereocenters. The Kier molecular flexibility index (Phi) is 3.41. The molecule has 2 aliphatic rings. The monoisotopic (exact) mass is 304 g/mol. The lowest BCUT2D eigenvalue weighted by atomic mass is 10.0. The molecule has 1 aromatic carbocycles. The van der Waals surface area contributed by atoms with Crippen molar-refractivity contribution < 1.29 is 4.52 Å². The van der Waals surface area contributed by atoms with Crippen LogP contribution in [0.25, 0.3) is 11.4 Å². The summed E-state index contributed by atoms with van der Waals surface area (Å²) in [5.74, 6) is 2.78. The Bertz CT molecular complexity index is 632. The maximum absolute atomic E-state index is 6.16. The van der Waals surface area contributed by atoms with E-state index in [1.54, 1.807) is 0 Å². The first-order chi connectivity index (χ1) is 10.3. The summed E-state index contributed by atoms with van der Waals surface area (Å²) in [6.45, 7) is 5.22. The van der Waals surface area contributed by atoms with Gasteiger partial charge in [0.15, 0.2) is 0 Å². The molecule has 6 heteroatoms. The summed E-state index contributed by atoms with van der Waals surface area (Å²) in [5.41, 5.74) is 0.816. The molecule has 0 amide bonds. The summed E-state index contributed by atoms with van der Waals surface area (Å²) < 4.78 is 5.38. The van der Waals surface area contributed by atoms with Gasteiger partial charge in [0, 0.05) is 18.7 Å². The molecular weight excluding hydrogens is 288 g/mol. The third kappa shape index (κ3) is 2.57. The van der Waals surface area contributed by atoms with Crippen molar-refractivity contribution in [3.63, 3.8) is 0 Å². The predicted octanol–water partition coefficient (Wildman–Crippen LogP) is 2.04. The minimum atomic E-state index is 0.566. The van der Waals surface area contributed by atoms with E-state index in [0.29, 0.717) is 16.7 Å². The molecule has 110 valence electrons. The summed E-state index contributed by atoms with van der Waals surface area (Å²) in [5, 5.41) is 8.14. The molecule has 2 fully saturated rings. The third-order valence-corrected chi connectivity index (χ3v) is 4.74. The van der Waals surface area contributed by atoms with E-state index < -0.39 is 0 Å². The van der Waals surface area contributed by atoms with Gasteiger partial charge in [-0.3, -0.25) is 4.90 Å². The number of likely N-dealkylation sites (tertiary alicyclic amines) is 1. The summed E-state index contributed by atoms with van der Waals surface area (Å²) in [6, 6.07) is 7.56. The first kappa shape index (κ1) is 13.2. The van der Waals surface area contributed by atoms with Crippen molar-refractivity contribution in [2.24, 2.45) is 11.8 Å². The number of hydrogen-bond donors (Lipinski definition) is 1. The minimum Gasteiger partial charge on any atom is -0.338 e. The molecule has 0 spiro atoms. The number of nitrogens with one attached hydrogen (secondary N) is 1. The molecule has 1 N–H and O–H groups in total. The molecule has 3 heterocycles. The first-order valence-corrected chi connectivity index (χ1v) is 7.68. The molecule has 0 radical (unpaired) electrons. The van der Waals surface area contributed by atoms with Crippen LogP contribution in [-0.4, -0.2) is 41.2 Å². The van der Waals surface area contributed by atoms with Crippen LogP contribution in [0.15, 0.2) is 28.8 Å². The van der Waals surface area contributed by atoms with Gasteiger partial charge in [-0.15, -0.1) is 0 Å². The second-order valence-electron chi connectivity index (χ2n) is 5.86. The lowest BCUT2D eigenvalue weighted by molar-refractivity contribution is 0.253. The molecule has 4 rings (SSSR count). The van der Waals surface area contributed by atoms with Gasteiger partial charge < -0.3 is 9.84 Å². The van der Waals surface area contributed by atoms with Gasteiger partial charge in [-0.25, -0.2) is 0 Å². The summed E-state index contributed by atoms with van der Waals surface area (Å²) in [7, 11) is 0. The highest BCUT2D eigenvalue weighted by Gasteiger charge is 2.36. The zero-order valence-corrected chi connectivity index (χ0v) is 12.4. The third-order valence-electron chi connectivity index (χ3n) is 4.41. The van der Waals surface area contributed by atoms with E-state index in [0.717, 1.165) is 50.1 Å². The van der Waals surface area contributed by atoms with Crippen LogP contribution < -0.4 is 5.32 Å². The number of aromatic nitrogens is 2. The highest BCUT2D eigenvalue weighted by atomic mass is 35.5. The van der Waals surface area contributed by atoms with Gasteiger partial charge in [0.2, 0.25) is 11.7 Å². The van der Waals surface area contributed by atoms with Gasteiger partial charge in [-0.05, 0) is 37.1 Å². The van der Waals surface area contributed by atoms with Gasteiger partial charge >= 0.3 is 0 Å². The van der Waals surface area contributed by atoms with Crippen LogP contribution in [0.3, 0.4) is 0 Å². The second-order valence-corrected chi connectivity index (χ2v) is 6.27. The van der Waals surface area contributed by atoms with E-state index in [1.807, 2.05) is 24.3 Å². The van der Waals surface area contributed by atoms with Crippen molar-refractivity contribution in [1.29, 1.82) is 0 Å². The van der Waals surface area contributed by atoms with Crippen LogP contribution >= 0.6 is 11.6 Å². The zero-order valence-electron chi connectivity index (χ0n) is 11.6. The maximum atomic E-state index is 6.16. The highest BCUT2D eigenvalue weighted by Crippen LogP contribution is 2.28. The fourth-order valence-electron chi connectivity index (χ4n) is 3.34. The van der Waals surface area contributed by atoms with Crippen LogP contribution in [0.2, 0.25) is 5.02 Å². The minimum absolute atomic E-state index is 0.566. The van der Waals surface area contributed by atoms with Crippen molar-refractivity contribution in [2.75, 3.05) is 26.2 Å². The molecule has 2 atom stereocenters. The highest BCUT2D eigenvalue weighted by molar-refractivity contribution is 6.33. The van der Waals surface area contributed by atoms with E-state index >= 15 is 0 Å². The van der Waals surface area contributed by atoms with Gasteiger partial charge in [0.25, 0.3) is 0 Å². The molecule has 0 saturated carbocycles. The normalized spacial score (nSPS) is 25.4. The number of benzene rings is 1. The molecule has 5 nitrogen and oxygen atoms in total. The Morgan fingerprint density at radius 1 is 1.24 bits per heavy atom. The van der Waals surface area contributed by atoms with Gasteiger partial charge in [0.1, 0.15) is 0 Å². The van der Waals surface area contributed by atoms with Crippen molar-refractivity contribution in [3.8, 4) is 11.4 Å². The second kappa shape index (κ2) is 5.40. The Balaban J connectivity index is 1.47. The molecule has 21 heavy (non-hydrogen) atoms. The summed E-state index contributed by atoms with van der Waals surface area (Å²) in [6.07, 6.45) is 0. The molecule has 0 bridgehead atoms. The summed E-state index contributed by atoms with van der Waals surface area (Å²) >= 11 is 6.16. The van der Waals surface area contributed by atoms with Crippen LogP contribution in [0, 0.1) is 11.8 Å². The number of hydrogen-bond acceptors (Lipinski definition) is 5. The lowest BCUT2D eigenvalue weighted by Gasteiger charge is -2.13. The fraction of sp³-hybridized carbons (Fsp3) is 0.467. The standard InChI is InChI=1S/C15H17ClN4O/c16-13-4-2-1-3-12(13)15-18-14(21-19-15)9-20-7-10-5-17-6-11(10)8-20/h1-4,10-11,17H,5-9H2. The number of fused-ring (bicyclic) bond motifs is 1. The Morgan fingerprint density at radius 2 is 2.00 bits per heavy atom. The van der Waals surface area contributed by atoms with Gasteiger partial charge in [0.05, 0.1) is 11.6 Å². The quantitative estimate of drug-likeness (QED) is 0.940. The number of nitrogens with zero attached hydrogens (tertiary/aromatic N) is 3. The van der Waals surface area contributed by atoms with Crippen molar-refractivity contribution in [1.82, 2.24) is 20.4 Å². The maximum Gasteiger partial charge on any atom is 0.241 e. The van der Waals surface area contributed by atoms with E-state index in [4.69, 9.17) is 16.1 Å².